The molecule has 0 aliphatic rings. The summed E-state index contributed by atoms with van der Waals surface area (Å²) in [4.78, 5) is 0. The largest absolute Gasteiger partial charge is 0.515 e. The van der Waals surface area contributed by atoms with Crippen LogP contribution >= 0.6 is 0 Å². The van der Waals surface area contributed by atoms with Gasteiger partial charge >= 0.3 is 0 Å². The van der Waals surface area contributed by atoms with Crippen molar-refractivity contribution in [2.75, 3.05) is 0 Å². The maximum atomic E-state index is 8.28. The van der Waals surface area contributed by atoms with E-state index in [-0.39, 0.29) is 0 Å². The summed E-state index contributed by atoms with van der Waals surface area (Å²) in [6, 6.07) is 0. The van der Waals surface area contributed by atoms with E-state index in [1.54, 1.807) is 0 Å². The smallest absolute Gasteiger partial charge is 0.0823 e. The maximum Gasteiger partial charge on any atom is 0.0823 e. The zero-order valence-electron chi connectivity index (χ0n) is 4.73. The summed E-state index contributed by atoms with van der Waals surface area (Å²) < 4.78 is 0. The van der Waals surface area contributed by atoms with Gasteiger partial charge in [-0.1, -0.05) is 12.2 Å². The monoisotopic (exact) mass is 98.1 g/mol. The van der Waals surface area contributed by atoms with Crippen molar-refractivity contribution in [3.05, 3.63) is 24.0 Å². The highest BCUT2D eigenvalue weighted by Crippen LogP contribution is 2.01. The highest BCUT2D eigenvalue weighted by Gasteiger charge is 1.83. The van der Waals surface area contributed by atoms with Crippen LogP contribution in [0, 0.1) is 0 Å². The van der Waals surface area contributed by atoms with Crippen LogP contribution in [0.4, 0.5) is 0 Å². The van der Waals surface area contributed by atoms with Crippen LogP contribution in [0.3, 0.4) is 0 Å². The molecule has 0 rings (SSSR count). The minimum absolute atomic E-state index is 0.833. The van der Waals surface area contributed by atoms with Gasteiger partial charge < -0.3 is 5.11 Å². The summed E-state index contributed by atoms with van der Waals surface area (Å²) in [7, 11) is 0. The number of allylic oxidation sites excluding steroid dienone is 2. The van der Waals surface area contributed by atoms with Gasteiger partial charge in [-0.05, 0) is 19.4 Å². The lowest BCUT2D eigenvalue weighted by Gasteiger charge is -1.90. The summed E-state index contributed by atoms with van der Waals surface area (Å²) in [6.07, 6.45) is 1.06. The number of aliphatic hydroxyl groups is 1. The van der Waals surface area contributed by atoms with Gasteiger partial charge in [0.25, 0.3) is 0 Å². The van der Waals surface area contributed by atoms with Gasteiger partial charge in [-0.2, -0.15) is 0 Å². The summed E-state index contributed by atoms with van der Waals surface area (Å²) in [5.41, 5.74) is 1.74. The molecule has 0 unspecified atom stereocenters. The lowest BCUT2D eigenvalue weighted by Crippen LogP contribution is -1.73. The summed E-state index contributed by atoms with van der Waals surface area (Å²) in [6.45, 7) is 7.25. The number of rotatable bonds is 1. The van der Waals surface area contributed by atoms with Crippen molar-refractivity contribution in [1.82, 2.24) is 0 Å². The van der Waals surface area contributed by atoms with E-state index in [4.69, 9.17) is 5.11 Å². The highest BCUT2D eigenvalue weighted by atomic mass is 16.2. The van der Waals surface area contributed by atoms with Gasteiger partial charge in [0.2, 0.25) is 0 Å². The predicted octanol–water partition coefficient (Wildman–Crippen LogP) is 2.02. The Morgan fingerprint density at radius 1 is 1.57 bits per heavy atom. The molecule has 7 heavy (non-hydrogen) atoms. The van der Waals surface area contributed by atoms with E-state index in [1.165, 1.54) is 0 Å². The van der Waals surface area contributed by atoms with Crippen LogP contribution in [0.5, 0.6) is 0 Å². The second-order valence-electron chi connectivity index (χ2n) is 1.59. The Morgan fingerprint density at radius 3 is 2.00 bits per heavy atom. The first kappa shape index (κ1) is 6.28. The molecule has 1 heteroatoms. The Hall–Kier alpha value is -0.720. The zero-order chi connectivity index (χ0) is 5.86. The molecule has 0 aromatic rings. The normalized spacial score (nSPS) is 11.4. The Morgan fingerprint density at radius 2 is 2.00 bits per heavy atom. The van der Waals surface area contributed by atoms with Crippen LogP contribution < -0.4 is 0 Å². The fraction of sp³-hybridized carbons (Fsp3) is 0.333. The average Bonchev–Trinajstić information content (AvgIpc) is 1.65. The summed E-state index contributed by atoms with van der Waals surface area (Å²) >= 11 is 0. The molecule has 1 N–H and O–H groups in total. The average molecular weight is 98.1 g/mol. The molecule has 0 aliphatic heterocycles. The van der Waals surface area contributed by atoms with Gasteiger partial charge in [0.15, 0.2) is 0 Å². The van der Waals surface area contributed by atoms with E-state index in [0.717, 1.165) is 17.4 Å². The molecule has 0 aromatic carbocycles. The third kappa shape index (κ3) is 2.04. The molecular formula is C6H10O. The van der Waals surface area contributed by atoms with E-state index in [0.29, 0.717) is 0 Å². The zero-order valence-corrected chi connectivity index (χ0v) is 4.73. The molecule has 0 saturated carbocycles. The SMILES string of the molecule is C=C(C)/C(C)=C\O. The quantitative estimate of drug-likeness (QED) is 0.393. The Kier molecular flexibility index (Phi) is 2.20. The molecule has 40 valence electrons. The molecule has 0 heterocycles. The van der Waals surface area contributed by atoms with Crippen molar-refractivity contribution < 1.29 is 5.11 Å². The number of aliphatic hydroxyl groups excluding tert-OH is 1. The molecule has 0 fully saturated rings. The third-order valence-electron chi connectivity index (χ3n) is 0.867. The van der Waals surface area contributed by atoms with Crippen LogP contribution in [0.1, 0.15) is 13.8 Å². The van der Waals surface area contributed by atoms with Crippen molar-refractivity contribution in [1.29, 1.82) is 0 Å². The van der Waals surface area contributed by atoms with Crippen LogP contribution in [0.2, 0.25) is 0 Å². The van der Waals surface area contributed by atoms with Gasteiger partial charge in [0.1, 0.15) is 0 Å². The van der Waals surface area contributed by atoms with E-state index in [9.17, 15) is 0 Å². The minimum Gasteiger partial charge on any atom is -0.515 e. The molecule has 0 aliphatic carbocycles. The Bertz CT molecular complexity index is 101. The standard InChI is InChI=1S/C6H10O/c1-5(2)6(3)4-7/h4,7H,1H2,2-3H3/b6-4-. The molecule has 0 aromatic heterocycles. The van der Waals surface area contributed by atoms with E-state index < -0.39 is 0 Å². The van der Waals surface area contributed by atoms with Crippen molar-refractivity contribution >= 4 is 0 Å². The van der Waals surface area contributed by atoms with Crippen molar-refractivity contribution in [2.45, 2.75) is 13.8 Å². The van der Waals surface area contributed by atoms with Crippen molar-refractivity contribution in [3.8, 4) is 0 Å². The lowest BCUT2D eigenvalue weighted by atomic mass is 10.2. The van der Waals surface area contributed by atoms with E-state index >= 15 is 0 Å². The number of hydrogen-bond donors (Lipinski definition) is 1. The van der Waals surface area contributed by atoms with Crippen molar-refractivity contribution in [2.24, 2.45) is 0 Å². The summed E-state index contributed by atoms with van der Waals surface area (Å²) in [5.74, 6) is 0. The molecule has 0 atom stereocenters. The Labute approximate surface area is 44.0 Å². The fourth-order valence-electron chi connectivity index (χ4n) is 0.110. The van der Waals surface area contributed by atoms with Crippen LogP contribution in [-0.2, 0) is 0 Å². The topological polar surface area (TPSA) is 20.2 Å². The molecule has 0 saturated heterocycles. The first-order valence-corrected chi connectivity index (χ1v) is 2.15. The summed E-state index contributed by atoms with van der Waals surface area (Å²) in [5, 5.41) is 8.28. The Balaban J connectivity index is 3.82. The van der Waals surface area contributed by atoms with Gasteiger partial charge in [0, 0.05) is 0 Å². The molecule has 0 bridgehead atoms. The van der Waals surface area contributed by atoms with Crippen LogP contribution in [-0.4, -0.2) is 5.11 Å². The van der Waals surface area contributed by atoms with Gasteiger partial charge in [-0.3, -0.25) is 0 Å². The molecule has 0 amide bonds. The van der Waals surface area contributed by atoms with Crippen LogP contribution in [0.25, 0.3) is 0 Å². The minimum atomic E-state index is 0.833. The second-order valence-corrected chi connectivity index (χ2v) is 1.59. The van der Waals surface area contributed by atoms with Crippen molar-refractivity contribution in [3.63, 3.8) is 0 Å². The molecular weight excluding hydrogens is 88.1 g/mol. The molecule has 0 radical (unpaired) electrons. The van der Waals surface area contributed by atoms with Gasteiger partial charge in [-0.25, -0.2) is 0 Å². The van der Waals surface area contributed by atoms with Gasteiger partial charge in [-0.15, -0.1) is 0 Å². The van der Waals surface area contributed by atoms with Gasteiger partial charge in [0.05, 0.1) is 6.26 Å². The lowest BCUT2D eigenvalue weighted by molar-refractivity contribution is 0.468. The van der Waals surface area contributed by atoms with E-state index in [2.05, 4.69) is 6.58 Å². The second kappa shape index (κ2) is 2.45. The number of hydrogen-bond acceptors (Lipinski definition) is 1. The van der Waals surface area contributed by atoms with Crippen LogP contribution in [0.15, 0.2) is 24.0 Å². The third-order valence-corrected chi connectivity index (χ3v) is 0.867. The first-order chi connectivity index (χ1) is 3.18. The maximum absolute atomic E-state index is 8.28. The highest BCUT2D eigenvalue weighted by molar-refractivity contribution is 5.20. The van der Waals surface area contributed by atoms with E-state index in [1.807, 2.05) is 13.8 Å². The fourth-order valence-corrected chi connectivity index (χ4v) is 0.110. The molecule has 0 spiro atoms. The first-order valence-electron chi connectivity index (χ1n) is 2.15. The predicted molar refractivity (Wildman–Crippen MR) is 31.2 cm³/mol. The molecule has 1 nitrogen and oxygen atoms in total.